The number of hydrogen-bond donors (Lipinski definition) is 0. The minimum Gasteiger partial charge on any atom is -0.458 e. The van der Waals surface area contributed by atoms with Crippen molar-refractivity contribution in [2.45, 2.75) is 13.8 Å². The van der Waals surface area contributed by atoms with E-state index in [-0.39, 0.29) is 12.3 Å². The van der Waals surface area contributed by atoms with Gasteiger partial charge in [0.05, 0.1) is 0 Å². The molecule has 0 fully saturated rings. The van der Waals surface area contributed by atoms with Crippen LogP contribution >= 0.6 is 7.14 Å². The van der Waals surface area contributed by atoms with Gasteiger partial charge >= 0.3 is 5.97 Å². The number of benzene rings is 1. The smallest absolute Gasteiger partial charge is 0.303 e. The molecule has 1 rings (SSSR count). The standard InChI is InChI=1S/C11H15O3P/c1-3-15(13,9-14-10(2)12)11-7-5-4-6-8-11/h4-8H,3,9H2,1-2H3. The Morgan fingerprint density at radius 3 is 2.40 bits per heavy atom. The summed E-state index contributed by atoms with van der Waals surface area (Å²) in [6.07, 6.45) is 0.507. The quantitative estimate of drug-likeness (QED) is 0.584. The molecule has 0 aliphatic rings. The van der Waals surface area contributed by atoms with Crippen LogP contribution < -0.4 is 5.30 Å². The third kappa shape index (κ3) is 3.21. The van der Waals surface area contributed by atoms with Gasteiger partial charge in [0.15, 0.2) is 7.14 Å². The summed E-state index contributed by atoms with van der Waals surface area (Å²) in [5.74, 6) is -0.389. The van der Waals surface area contributed by atoms with Crippen LogP contribution in [0.15, 0.2) is 30.3 Å². The van der Waals surface area contributed by atoms with E-state index in [1.165, 1.54) is 6.92 Å². The second kappa shape index (κ2) is 5.13. The average Bonchev–Trinajstić information content (AvgIpc) is 2.27. The maximum Gasteiger partial charge on any atom is 0.303 e. The summed E-state index contributed by atoms with van der Waals surface area (Å²) in [5, 5.41) is 0.772. The molecular formula is C11H15O3P. The SMILES string of the molecule is CCP(=O)(COC(C)=O)c1ccccc1. The van der Waals surface area contributed by atoms with Gasteiger partial charge in [0, 0.05) is 18.4 Å². The first-order chi connectivity index (χ1) is 7.08. The molecule has 0 N–H and O–H groups in total. The number of rotatable bonds is 4. The van der Waals surface area contributed by atoms with E-state index in [2.05, 4.69) is 0 Å². The third-order valence-corrected chi connectivity index (χ3v) is 5.02. The summed E-state index contributed by atoms with van der Waals surface area (Å²) in [7, 11) is -2.55. The van der Waals surface area contributed by atoms with Crippen molar-refractivity contribution in [3.8, 4) is 0 Å². The van der Waals surface area contributed by atoms with Gasteiger partial charge in [-0.15, -0.1) is 0 Å². The van der Waals surface area contributed by atoms with Crippen molar-refractivity contribution in [3.63, 3.8) is 0 Å². The monoisotopic (exact) mass is 226 g/mol. The Labute approximate surface area is 89.8 Å². The molecular weight excluding hydrogens is 211 g/mol. The molecule has 0 heterocycles. The van der Waals surface area contributed by atoms with Gasteiger partial charge in [-0.3, -0.25) is 4.79 Å². The lowest BCUT2D eigenvalue weighted by atomic mass is 10.4. The predicted octanol–water partition coefficient (Wildman–Crippen LogP) is 2.22. The highest BCUT2D eigenvalue weighted by molar-refractivity contribution is 7.71. The van der Waals surface area contributed by atoms with E-state index in [4.69, 9.17) is 4.74 Å². The summed E-state index contributed by atoms with van der Waals surface area (Å²) in [5.41, 5.74) is 0. The van der Waals surface area contributed by atoms with Crippen LogP contribution in [0, 0.1) is 0 Å². The maximum absolute atomic E-state index is 12.4. The number of carbonyl (C=O) groups is 1. The first-order valence-corrected chi connectivity index (χ1v) is 6.93. The molecule has 15 heavy (non-hydrogen) atoms. The largest absolute Gasteiger partial charge is 0.458 e. The molecule has 0 saturated carbocycles. The highest BCUT2D eigenvalue weighted by Crippen LogP contribution is 2.43. The van der Waals surface area contributed by atoms with Crippen LogP contribution in [0.4, 0.5) is 0 Å². The molecule has 3 nitrogen and oxygen atoms in total. The maximum atomic E-state index is 12.4. The Morgan fingerprint density at radius 1 is 1.33 bits per heavy atom. The summed E-state index contributed by atoms with van der Waals surface area (Å²) < 4.78 is 17.3. The fourth-order valence-corrected chi connectivity index (χ4v) is 3.05. The van der Waals surface area contributed by atoms with E-state index >= 15 is 0 Å². The van der Waals surface area contributed by atoms with E-state index < -0.39 is 7.14 Å². The molecule has 82 valence electrons. The third-order valence-electron chi connectivity index (χ3n) is 2.21. The van der Waals surface area contributed by atoms with Crippen LogP contribution in [-0.2, 0) is 14.1 Å². The van der Waals surface area contributed by atoms with Gasteiger partial charge in [0.25, 0.3) is 0 Å². The predicted molar refractivity (Wildman–Crippen MR) is 60.9 cm³/mol. The van der Waals surface area contributed by atoms with Crippen LogP contribution in [0.1, 0.15) is 13.8 Å². The lowest BCUT2D eigenvalue weighted by molar-refractivity contribution is -0.138. The van der Waals surface area contributed by atoms with Gasteiger partial charge in [-0.1, -0.05) is 37.3 Å². The number of hydrogen-bond acceptors (Lipinski definition) is 3. The van der Waals surface area contributed by atoms with Crippen molar-refractivity contribution in [2.75, 3.05) is 12.5 Å². The van der Waals surface area contributed by atoms with Gasteiger partial charge in [0.2, 0.25) is 0 Å². The second-order valence-corrected chi connectivity index (χ2v) is 6.49. The van der Waals surface area contributed by atoms with Crippen LogP contribution in [0.25, 0.3) is 0 Å². The summed E-state index contributed by atoms with van der Waals surface area (Å²) in [4.78, 5) is 10.7. The first kappa shape index (κ1) is 12.0. The van der Waals surface area contributed by atoms with Gasteiger partial charge in [-0.25, -0.2) is 0 Å². The molecule has 0 aliphatic carbocycles. The van der Waals surface area contributed by atoms with E-state index in [1.807, 2.05) is 37.3 Å². The molecule has 0 bridgehead atoms. The first-order valence-electron chi connectivity index (χ1n) is 4.85. The topological polar surface area (TPSA) is 43.4 Å². The van der Waals surface area contributed by atoms with Gasteiger partial charge < -0.3 is 9.30 Å². The molecule has 1 aromatic rings. The van der Waals surface area contributed by atoms with E-state index in [0.29, 0.717) is 6.16 Å². The minimum atomic E-state index is -2.55. The second-order valence-electron chi connectivity index (χ2n) is 3.31. The zero-order valence-corrected chi connectivity index (χ0v) is 9.87. The highest BCUT2D eigenvalue weighted by atomic mass is 31.2. The van der Waals surface area contributed by atoms with Gasteiger partial charge in [0.1, 0.15) is 6.35 Å². The van der Waals surface area contributed by atoms with E-state index in [0.717, 1.165) is 5.30 Å². The van der Waals surface area contributed by atoms with Gasteiger partial charge in [-0.2, -0.15) is 0 Å². The van der Waals surface area contributed by atoms with E-state index in [1.54, 1.807) is 0 Å². The zero-order valence-electron chi connectivity index (χ0n) is 8.97. The number of carbonyl (C=O) groups excluding carboxylic acids is 1. The minimum absolute atomic E-state index is 0.00282. The van der Waals surface area contributed by atoms with Crippen molar-refractivity contribution < 1.29 is 14.1 Å². The van der Waals surface area contributed by atoms with Crippen LogP contribution in [0.5, 0.6) is 0 Å². The highest BCUT2D eigenvalue weighted by Gasteiger charge is 2.23. The van der Waals surface area contributed by atoms with Gasteiger partial charge in [-0.05, 0) is 0 Å². The molecule has 0 amide bonds. The molecule has 0 aromatic heterocycles. The number of esters is 1. The Balaban J connectivity index is 2.86. The summed E-state index contributed by atoms with van der Waals surface area (Å²) >= 11 is 0. The molecule has 1 aromatic carbocycles. The van der Waals surface area contributed by atoms with Crippen molar-refractivity contribution in [1.29, 1.82) is 0 Å². The Kier molecular flexibility index (Phi) is 4.10. The Bertz CT molecular complexity index is 373. The van der Waals surface area contributed by atoms with Crippen molar-refractivity contribution in [3.05, 3.63) is 30.3 Å². The summed E-state index contributed by atoms with van der Waals surface area (Å²) in [6.45, 7) is 3.17. The Morgan fingerprint density at radius 2 is 1.93 bits per heavy atom. The zero-order chi connectivity index (χ0) is 11.3. The fraction of sp³-hybridized carbons (Fsp3) is 0.364. The van der Waals surface area contributed by atoms with E-state index in [9.17, 15) is 9.36 Å². The molecule has 0 spiro atoms. The van der Waals surface area contributed by atoms with Crippen LogP contribution in [-0.4, -0.2) is 18.5 Å². The molecule has 0 saturated heterocycles. The number of ether oxygens (including phenoxy) is 1. The van der Waals surface area contributed by atoms with Crippen molar-refractivity contribution in [1.82, 2.24) is 0 Å². The van der Waals surface area contributed by atoms with Crippen molar-refractivity contribution in [2.24, 2.45) is 0 Å². The molecule has 4 heteroatoms. The normalized spacial score (nSPS) is 14.3. The average molecular weight is 226 g/mol. The molecule has 1 unspecified atom stereocenters. The van der Waals surface area contributed by atoms with Crippen molar-refractivity contribution >= 4 is 18.4 Å². The van der Waals surface area contributed by atoms with Crippen LogP contribution in [0.3, 0.4) is 0 Å². The molecule has 1 atom stereocenters. The molecule has 0 radical (unpaired) electrons. The fourth-order valence-electron chi connectivity index (χ4n) is 1.24. The van der Waals surface area contributed by atoms with Crippen LogP contribution in [0.2, 0.25) is 0 Å². The molecule has 0 aliphatic heterocycles. The lowest BCUT2D eigenvalue weighted by Gasteiger charge is -2.15. The lowest BCUT2D eigenvalue weighted by Crippen LogP contribution is -2.12. The Hall–Kier alpha value is -1.08. The summed E-state index contributed by atoms with van der Waals surface area (Å²) in [6, 6.07) is 9.17.